The lowest BCUT2D eigenvalue weighted by Gasteiger charge is -2.23. The summed E-state index contributed by atoms with van der Waals surface area (Å²) in [5.41, 5.74) is 2.11. The third-order valence-electron chi connectivity index (χ3n) is 5.89. The summed E-state index contributed by atoms with van der Waals surface area (Å²) < 4.78 is 19.7. The second-order valence-electron chi connectivity index (χ2n) is 7.83. The average molecular weight is 408 g/mol. The highest BCUT2D eigenvalue weighted by Gasteiger charge is 2.37. The first-order valence-corrected chi connectivity index (χ1v) is 10.2. The molecule has 1 unspecified atom stereocenters. The van der Waals surface area contributed by atoms with Crippen molar-refractivity contribution in [2.24, 2.45) is 0 Å². The lowest BCUT2D eigenvalue weighted by atomic mass is 10.0. The molecule has 2 aromatic heterocycles. The van der Waals surface area contributed by atoms with Crippen molar-refractivity contribution in [1.29, 1.82) is 0 Å². The SMILES string of the molecule is CNC(=O)c1cc(C2CC2)nc2onc(C3CCCN3C(=O)c3ccccc3F)c12. The predicted octanol–water partition coefficient (Wildman–Crippen LogP) is 3.58. The zero-order valence-corrected chi connectivity index (χ0v) is 16.5. The fraction of sp³-hybridized carbons (Fsp3) is 0.364. The van der Waals surface area contributed by atoms with Crippen LogP contribution in [0.3, 0.4) is 0 Å². The Morgan fingerprint density at radius 3 is 2.73 bits per heavy atom. The molecule has 1 saturated heterocycles. The summed E-state index contributed by atoms with van der Waals surface area (Å²) in [5.74, 6) is -0.855. The van der Waals surface area contributed by atoms with Crippen LogP contribution in [0.25, 0.3) is 11.1 Å². The van der Waals surface area contributed by atoms with Gasteiger partial charge in [-0.2, -0.15) is 0 Å². The molecule has 2 aliphatic rings. The molecule has 30 heavy (non-hydrogen) atoms. The molecule has 0 spiro atoms. The van der Waals surface area contributed by atoms with E-state index in [1.165, 1.54) is 12.1 Å². The Morgan fingerprint density at radius 2 is 2.00 bits per heavy atom. The van der Waals surface area contributed by atoms with Crippen molar-refractivity contribution in [1.82, 2.24) is 20.4 Å². The highest BCUT2D eigenvalue weighted by atomic mass is 19.1. The van der Waals surface area contributed by atoms with Gasteiger partial charge in [0.25, 0.3) is 17.5 Å². The fourth-order valence-electron chi connectivity index (χ4n) is 4.21. The number of nitrogens with one attached hydrogen (secondary N) is 1. The van der Waals surface area contributed by atoms with Crippen LogP contribution in [0.2, 0.25) is 0 Å². The summed E-state index contributed by atoms with van der Waals surface area (Å²) in [6.45, 7) is 0.481. The predicted molar refractivity (Wildman–Crippen MR) is 107 cm³/mol. The molecule has 1 aliphatic carbocycles. The summed E-state index contributed by atoms with van der Waals surface area (Å²) >= 11 is 0. The molecule has 1 aromatic carbocycles. The third kappa shape index (κ3) is 3.03. The Labute approximate surface area is 172 Å². The number of aromatic nitrogens is 2. The number of likely N-dealkylation sites (tertiary alicyclic amines) is 1. The van der Waals surface area contributed by atoms with Gasteiger partial charge in [0, 0.05) is 25.2 Å². The number of fused-ring (bicyclic) bond motifs is 1. The Bertz CT molecular complexity index is 1150. The van der Waals surface area contributed by atoms with Crippen LogP contribution in [0.1, 0.15) is 69.7 Å². The van der Waals surface area contributed by atoms with Crippen molar-refractivity contribution < 1.29 is 18.5 Å². The number of nitrogens with zero attached hydrogens (tertiary/aromatic N) is 3. The van der Waals surface area contributed by atoms with E-state index in [0.29, 0.717) is 41.2 Å². The van der Waals surface area contributed by atoms with E-state index in [-0.39, 0.29) is 11.5 Å². The van der Waals surface area contributed by atoms with Crippen LogP contribution in [0.4, 0.5) is 4.39 Å². The fourth-order valence-corrected chi connectivity index (χ4v) is 4.21. The van der Waals surface area contributed by atoms with Crippen LogP contribution < -0.4 is 5.32 Å². The molecule has 2 amide bonds. The summed E-state index contributed by atoms with van der Waals surface area (Å²) in [4.78, 5) is 31.9. The first kappa shape index (κ1) is 18.7. The molecular weight excluding hydrogens is 387 g/mol. The summed E-state index contributed by atoms with van der Waals surface area (Å²) in [6, 6.07) is 7.34. The van der Waals surface area contributed by atoms with E-state index in [1.807, 2.05) is 0 Å². The van der Waals surface area contributed by atoms with Crippen molar-refractivity contribution in [2.75, 3.05) is 13.6 Å². The topological polar surface area (TPSA) is 88.3 Å². The van der Waals surface area contributed by atoms with Gasteiger partial charge in [0.1, 0.15) is 11.5 Å². The van der Waals surface area contributed by atoms with Crippen molar-refractivity contribution in [2.45, 2.75) is 37.6 Å². The molecule has 0 radical (unpaired) electrons. The number of hydrogen-bond acceptors (Lipinski definition) is 5. The molecule has 3 aromatic rings. The van der Waals surface area contributed by atoms with Gasteiger partial charge in [-0.15, -0.1) is 0 Å². The zero-order chi connectivity index (χ0) is 20.8. The first-order valence-electron chi connectivity index (χ1n) is 10.2. The normalized spacial score (nSPS) is 18.7. The largest absolute Gasteiger partial charge is 0.355 e. The van der Waals surface area contributed by atoms with Crippen molar-refractivity contribution in [3.8, 4) is 0 Å². The minimum absolute atomic E-state index is 0.0258. The maximum absolute atomic E-state index is 14.2. The summed E-state index contributed by atoms with van der Waals surface area (Å²) in [5, 5.41) is 7.41. The molecule has 3 heterocycles. The van der Waals surface area contributed by atoms with Gasteiger partial charge in [-0.25, -0.2) is 9.37 Å². The highest BCUT2D eigenvalue weighted by Crippen LogP contribution is 2.42. The summed E-state index contributed by atoms with van der Waals surface area (Å²) in [7, 11) is 1.57. The van der Waals surface area contributed by atoms with Crippen molar-refractivity contribution in [3.63, 3.8) is 0 Å². The number of benzene rings is 1. The number of rotatable bonds is 4. The van der Waals surface area contributed by atoms with E-state index in [4.69, 9.17) is 4.52 Å². The molecule has 154 valence electrons. The van der Waals surface area contributed by atoms with Crippen LogP contribution in [0.5, 0.6) is 0 Å². The van der Waals surface area contributed by atoms with Gasteiger partial charge in [0.2, 0.25) is 0 Å². The second kappa shape index (κ2) is 7.19. The number of amides is 2. The van der Waals surface area contributed by atoms with Crippen molar-refractivity contribution >= 4 is 22.9 Å². The van der Waals surface area contributed by atoms with E-state index in [1.54, 1.807) is 30.1 Å². The van der Waals surface area contributed by atoms with Gasteiger partial charge in [0.15, 0.2) is 0 Å². The highest BCUT2D eigenvalue weighted by molar-refractivity contribution is 6.06. The number of carbonyl (C=O) groups excluding carboxylic acids is 2. The molecular formula is C22H21FN4O3. The molecule has 1 aliphatic heterocycles. The van der Waals surface area contributed by atoms with Gasteiger partial charge >= 0.3 is 0 Å². The van der Waals surface area contributed by atoms with Crippen molar-refractivity contribution in [3.05, 3.63) is 58.7 Å². The number of pyridine rings is 1. The van der Waals surface area contributed by atoms with Crippen LogP contribution in [-0.4, -0.2) is 40.4 Å². The molecule has 1 saturated carbocycles. The van der Waals surface area contributed by atoms with E-state index < -0.39 is 17.8 Å². The van der Waals surface area contributed by atoms with E-state index in [0.717, 1.165) is 25.0 Å². The van der Waals surface area contributed by atoms with E-state index in [9.17, 15) is 14.0 Å². The summed E-state index contributed by atoms with van der Waals surface area (Å²) in [6.07, 6.45) is 3.49. The van der Waals surface area contributed by atoms with E-state index >= 15 is 0 Å². The molecule has 5 rings (SSSR count). The molecule has 2 fully saturated rings. The molecule has 1 N–H and O–H groups in total. The second-order valence-corrected chi connectivity index (χ2v) is 7.83. The van der Waals surface area contributed by atoms with Crippen LogP contribution in [0, 0.1) is 5.82 Å². The maximum Gasteiger partial charge on any atom is 0.259 e. The standard InChI is InChI=1S/C22H21FN4O3/c1-24-20(28)14-11-16(12-8-9-12)25-21-18(14)19(26-30-21)17-7-4-10-27(17)22(29)13-5-2-3-6-15(13)23/h2-3,5-6,11-12,17H,4,7-10H2,1H3,(H,24,28). The Morgan fingerprint density at radius 1 is 1.20 bits per heavy atom. The van der Waals surface area contributed by atoms with Crippen LogP contribution >= 0.6 is 0 Å². The zero-order valence-electron chi connectivity index (χ0n) is 16.5. The molecule has 8 heteroatoms. The number of hydrogen-bond donors (Lipinski definition) is 1. The smallest absolute Gasteiger partial charge is 0.259 e. The minimum atomic E-state index is -0.556. The van der Waals surface area contributed by atoms with Gasteiger partial charge < -0.3 is 14.7 Å². The Kier molecular flexibility index (Phi) is 4.49. The minimum Gasteiger partial charge on any atom is -0.355 e. The Balaban J connectivity index is 1.59. The third-order valence-corrected chi connectivity index (χ3v) is 5.89. The first-order chi connectivity index (χ1) is 14.6. The molecule has 7 nitrogen and oxygen atoms in total. The molecule has 1 atom stereocenters. The molecule has 0 bridgehead atoms. The van der Waals surface area contributed by atoms with Gasteiger partial charge in [-0.1, -0.05) is 17.3 Å². The van der Waals surface area contributed by atoms with E-state index in [2.05, 4.69) is 15.5 Å². The lowest BCUT2D eigenvalue weighted by molar-refractivity contribution is 0.0727. The number of halogens is 1. The monoisotopic (exact) mass is 408 g/mol. The quantitative estimate of drug-likeness (QED) is 0.713. The van der Waals surface area contributed by atoms with Gasteiger partial charge in [-0.05, 0) is 43.9 Å². The van der Waals surface area contributed by atoms with Crippen LogP contribution in [-0.2, 0) is 0 Å². The Hall–Kier alpha value is -3.29. The van der Waals surface area contributed by atoms with Gasteiger partial charge in [0.05, 0.1) is 22.6 Å². The number of carbonyl (C=O) groups is 2. The van der Waals surface area contributed by atoms with Crippen LogP contribution in [0.15, 0.2) is 34.9 Å². The lowest BCUT2D eigenvalue weighted by Crippen LogP contribution is -2.31. The van der Waals surface area contributed by atoms with Gasteiger partial charge in [-0.3, -0.25) is 9.59 Å². The maximum atomic E-state index is 14.2. The average Bonchev–Trinajstić information content (AvgIpc) is 3.35.